The Labute approximate surface area is 181 Å². The van der Waals surface area contributed by atoms with E-state index >= 15 is 0 Å². The molecule has 2 aromatic rings. The molecular weight excluding hydrogens is 398 g/mol. The van der Waals surface area contributed by atoms with Gasteiger partial charge in [-0.2, -0.15) is 0 Å². The van der Waals surface area contributed by atoms with Crippen molar-refractivity contribution >= 4 is 9.84 Å². The van der Waals surface area contributed by atoms with Crippen molar-refractivity contribution in [1.82, 2.24) is 14.5 Å². The Morgan fingerprint density at radius 3 is 2.67 bits per heavy atom. The zero-order valence-corrected chi connectivity index (χ0v) is 19.3. The van der Waals surface area contributed by atoms with Gasteiger partial charge in [-0.15, -0.1) is 0 Å². The average Bonchev–Trinajstić information content (AvgIpc) is 3.15. The van der Waals surface area contributed by atoms with E-state index in [1.54, 1.807) is 27.2 Å². The second-order valence-corrected chi connectivity index (χ2v) is 10.8. The van der Waals surface area contributed by atoms with Gasteiger partial charge in [-0.25, -0.2) is 13.4 Å². The van der Waals surface area contributed by atoms with Crippen LogP contribution in [0.25, 0.3) is 0 Å². The van der Waals surface area contributed by atoms with E-state index in [1.807, 2.05) is 22.8 Å². The van der Waals surface area contributed by atoms with Crippen molar-refractivity contribution in [2.45, 2.75) is 75.5 Å². The van der Waals surface area contributed by atoms with Crippen molar-refractivity contribution in [1.29, 1.82) is 0 Å². The van der Waals surface area contributed by atoms with Crippen molar-refractivity contribution in [2.24, 2.45) is 0 Å². The number of piperidine rings is 1. The lowest BCUT2D eigenvalue weighted by molar-refractivity contribution is 0.0952. The second-order valence-electron chi connectivity index (χ2n) is 8.41. The molecule has 1 fully saturated rings. The van der Waals surface area contributed by atoms with Gasteiger partial charge in [-0.05, 0) is 51.6 Å². The number of benzene rings is 1. The molecule has 1 saturated heterocycles. The first-order chi connectivity index (χ1) is 14.4. The minimum Gasteiger partial charge on any atom is -0.385 e. The molecule has 1 atom stereocenters. The minimum atomic E-state index is -3.45. The van der Waals surface area contributed by atoms with E-state index in [9.17, 15) is 8.42 Å². The zero-order chi connectivity index (χ0) is 21.6. The lowest BCUT2D eigenvalue weighted by Gasteiger charge is -2.35. The molecule has 0 aliphatic carbocycles. The molecule has 1 aromatic heterocycles. The third kappa shape index (κ3) is 5.50. The molecule has 1 aromatic carbocycles. The van der Waals surface area contributed by atoms with Gasteiger partial charge >= 0.3 is 0 Å². The predicted octanol–water partition coefficient (Wildman–Crippen LogP) is 3.70. The highest BCUT2D eigenvalue weighted by atomic mass is 32.2. The number of hydrogen-bond acceptors (Lipinski definition) is 5. The Hall–Kier alpha value is -1.70. The molecule has 1 unspecified atom stereocenters. The molecule has 0 bridgehead atoms. The number of nitrogens with zero attached hydrogens (tertiary/aromatic N) is 3. The van der Waals surface area contributed by atoms with Gasteiger partial charge in [0.1, 0.15) is 0 Å². The summed E-state index contributed by atoms with van der Waals surface area (Å²) in [5.41, 5.74) is 2.18. The molecule has 0 N–H and O–H groups in total. The standard InChI is InChI=1S/C23H35N3O3S/c1-19(2)30(27,28)23-24-17-22(26(23)15-12-20-9-5-4-6-10-20)18-25-14-8-7-11-21(25)13-16-29-3/h4-6,9-10,17,19,21H,7-8,11-16,18H2,1-3H3. The monoisotopic (exact) mass is 433 g/mol. The van der Waals surface area contributed by atoms with Crippen LogP contribution in [0.3, 0.4) is 0 Å². The van der Waals surface area contributed by atoms with E-state index in [0.29, 0.717) is 12.6 Å². The number of hydrogen-bond donors (Lipinski definition) is 0. The van der Waals surface area contributed by atoms with Crippen molar-refractivity contribution < 1.29 is 13.2 Å². The first-order valence-corrected chi connectivity index (χ1v) is 12.5. The molecule has 30 heavy (non-hydrogen) atoms. The smallest absolute Gasteiger partial charge is 0.228 e. The zero-order valence-electron chi connectivity index (χ0n) is 18.5. The Balaban J connectivity index is 1.86. The van der Waals surface area contributed by atoms with Crippen LogP contribution in [0.4, 0.5) is 0 Å². The molecule has 0 spiro atoms. The number of aromatic nitrogens is 2. The van der Waals surface area contributed by atoms with Crippen LogP contribution in [0.5, 0.6) is 0 Å². The topological polar surface area (TPSA) is 64.4 Å². The number of rotatable bonds is 10. The van der Waals surface area contributed by atoms with E-state index < -0.39 is 15.1 Å². The SMILES string of the molecule is COCCC1CCCCN1Cc1cnc(S(=O)(=O)C(C)C)n1CCc1ccccc1. The molecular formula is C23H35N3O3S. The van der Waals surface area contributed by atoms with Crippen LogP contribution >= 0.6 is 0 Å². The van der Waals surface area contributed by atoms with Crippen LogP contribution in [-0.4, -0.2) is 54.4 Å². The molecule has 0 amide bonds. The number of aryl methyl sites for hydroxylation is 1. The van der Waals surface area contributed by atoms with Gasteiger partial charge in [-0.1, -0.05) is 36.8 Å². The van der Waals surface area contributed by atoms with Crippen molar-refractivity contribution in [3.63, 3.8) is 0 Å². The number of likely N-dealkylation sites (tertiary alicyclic amines) is 1. The quantitative estimate of drug-likeness (QED) is 0.572. The molecule has 0 saturated carbocycles. The number of methoxy groups -OCH3 is 1. The lowest BCUT2D eigenvalue weighted by atomic mass is 9.99. The Morgan fingerprint density at radius 2 is 1.97 bits per heavy atom. The molecule has 1 aliphatic heterocycles. The molecule has 0 radical (unpaired) electrons. The maximum absolute atomic E-state index is 13.0. The van der Waals surface area contributed by atoms with E-state index in [2.05, 4.69) is 22.0 Å². The fraction of sp³-hybridized carbons (Fsp3) is 0.609. The summed E-state index contributed by atoms with van der Waals surface area (Å²) >= 11 is 0. The fourth-order valence-corrected chi connectivity index (χ4v) is 5.27. The summed E-state index contributed by atoms with van der Waals surface area (Å²) in [6.45, 7) is 6.56. The summed E-state index contributed by atoms with van der Waals surface area (Å²) in [5, 5.41) is -0.290. The average molecular weight is 434 g/mol. The first kappa shape index (κ1) is 23.0. The second kappa shape index (κ2) is 10.6. The summed E-state index contributed by atoms with van der Waals surface area (Å²) in [6.07, 6.45) is 7.13. The van der Waals surface area contributed by atoms with Crippen LogP contribution in [-0.2, 0) is 34.1 Å². The molecule has 166 valence electrons. The van der Waals surface area contributed by atoms with Crippen molar-refractivity contribution in [3.8, 4) is 0 Å². The minimum absolute atomic E-state index is 0.203. The fourth-order valence-electron chi connectivity index (χ4n) is 4.14. The highest BCUT2D eigenvalue weighted by Crippen LogP contribution is 2.24. The Morgan fingerprint density at radius 1 is 1.20 bits per heavy atom. The first-order valence-electron chi connectivity index (χ1n) is 11.0. The Bertz CT molecular complexity index is 894. The van der Waals surface area contributed by atoms with E-state index in [1.165, 1.54) is 24.8 Å². The summed E-state index contributed by atoms with van der Waals surface area (Å²) in [6, 6.07) is 10.7. The van der Waals surface area contributed by atoms with Crippen LogP contribution in [0.15, 0.2) is 41.7 Å². The third-order valence-corrected chi connectivity index (χ3v) is 8.09. The van der Waals surface area contributed by atoms with Crippen molar-refractivity contribution in [2.75, 3.05) is 20.3 Å². The van der Waals surface area contributed by atoms with Crippen LogP contribution in [0.2, 0.25) is 0 Å². The van der Waals surface area contributed by atoms with Gasteiger partial charge in [0.2, 0.25) is 15.0 Å². The van der Waals surface area contributed by atoms with E-state index in [4.69, 9.17) is 4.74 Å². The molecule has 3 rings (SSSR count). The van der Waals surface area contributed by atoms with E-state index in [-0.39, 0.29) is 5.16 Å². The number of ether oxygens (including phenoxy) is 1. The van der Waals surface area contributed by atoms with Crippen LogP contribution in [0.1, 0.15) is 50.8 Å². The van der Waals surface area contributed by atoms with E-state index in [0.717, 1.165) is 38.2 Å². The Kier molecular flexibility index (Phi) is 8.08. The third-order valence-electron chi connectivity index (χ3n) is 6.01. The lowest BCUT2D eigenvalue weighted by Crippen LogP contribution is -2.40. The largest absolute Gasteiger partial charge is 0.385 e. The summed E-state index contributed by atoms with van der Waals surface area (Å²) in [5.74, 6) is 0. The van der Waals surface area contributed by atoms with Gasteiger partial charge in [-0.3, -0.25) is 4.90 Å². The van der Waals surface area contributed by atoms with Crippen molar-refractivity contribution in [3.05, 3.63) is 47.8 Å². The maximum atomic E-state index is 13.0. The molecule has 6 nitrogen and oxygen atoms in total. The molecule has 1 aliphatic rings. The van der Waals surface area contributed by atoms with Gasteiger partial charge < -0.3 is 9.30 Å². The van der Waals surface area contributed by atoms with Gasteiger partial charge in [0.25, 0.3) is 0 Å². The molecule has 7 heteroatoms. The summed E-state index contributed by atoms with van der Waals surface area (Å²) in [4.78, 5) is 6.87. The summed E-state index contributed by atoms with van der Waals surface area (Å²) < 4.78 is 33.2. The van der Waals surface area contributed by atoms with Gasteiger partial charge in [0, 0.05) is 32.8 Å². The highest BCUT2D eigenvalue weighted by Gasteiger charge is 2.29. The van der Waals surface area contributed by atoms with Gasteiger partial charge in [0.15, 0.2) is 0 Å². The van der Waals surface area contributed by atoms with Gasteiger partial charge in [0.05, 0.1) is 17.1 Å². The number of imidazole rings is 1. The van der Waals surface area contributed by atoms with Crippen LogP contribution in [0, 0.1) is 0 Å². The number of sulfone groups is 1. The maximum Gasteiger partial charge on any atom is 0.228 e. The summed E-state index contributed by atoms with van der Waals surface area (Å²) in [7, 11) is -1.70. The highest BCUT2D eigenvalue weighted by molar-refractivity contribution is 7.91. The predicted molar refractivity (Wildman–Crippen MR) is 119 cm³/mol. The molecule has 2 heterocycles. The van der Waals surface area contributed by atoms with Crippen LogP contribution < -0.4 is 0 Å². The normalized spacial score (nSPS) is 18.2.